The Kier molecular flexibility index (Phi) is 5.33. The van der Waals surface area contributed by atoms with Crippen LogP contribution < -0.4 is 16.0 Å². The van der Waals surface area contributed by atoms with Gasteiger partial charge in [-0.1, -0.05) is 0 Å². The summed E-state index contributed by atoms with van der Waals surface area (Å²) in [6, 6.07) is 4.73. The maximum Gasteiger partial charge on any atom is 0.264 e. The molecule has 2 heterocycles. The van der Waals surface area contributed by atoms with E-state index in [1.807, 2.05) is 22.6 Å². The molecule has 3 rings (SSSR count). The molecule has 0 radical (unpaired) electrons. The highest BCUT2D eigenvalue weighted by Crippen LogP contribution is 2.32. The second-order valence-corrected chi connectivity index (χ2v) is 7.40. The molecule has 0 aliphatic carbocycles. The van der Waals surface area contributed by atoms with Crippen LogP contribution in [0.15, 0.2) is 34.1 Å². The molecule has 142 valence electrons. The van der Waals surface area contributed by atoms with Gasteiger partial charge in [0, 0.05) is 23.2 Å². The van der Waals surface area contributed by atoms with E-state index in [1.165, 1.54) is 33.5 Å². The summed E-state index contributed by atoms with van der Waals surface area (Å²) in [5, 5.41) is 9.38. The van der Waals surface area contributed by atoms with Crippen LogP contribution in [-0.4, -0.2) is 32.9 Å². The van der Waals surface area contributed by atoms with E-state index >= 15 is 0 Å². The zero-order valence-electron chi connectivity index (χ0n) is 15.0. The summed E-state index contributed by atoms with van der Waals surface area (Å²) in [5.74, 6) is -0.461. The van der Waals surface area contributed by atoms with Gasteiger partial charge >= 0.3 is 0 Å². The maximum absolute atomic E-state index is 14.5. The Morgan fingerprint density at radius 2 is 2.00 bits per heavy atom. The molecule has 0 unspecified atom stereocenters. The van der Waals surface area contributed by atoms with Gasteiger partial charge in [-0.05, 0) is 47.7 Å². The Labute approximate surface area is 167 Å². The SMILES string of the molecule is Cc1c(N(C)c2ccc(I)cc2F)c2c(=O)n(CCO)cnc2n(C)c1=O. The Morgan fingerprint density at radius 3 is 2.63 bits per heavy atom. The average Bonchev–Trinajstić information content (AvgIpc) is 2.62. The van der Waals surface area contributed by atoms with E-state index in [9.17, 15) is 19.1 Å². The van der Waals surface area contributed by atoms with Gasteiger partial charge in [-0.2, -0.15) is 0 Å². The van der Waals surface area contributed by atoms with Crippen LogP contribution in [0.5, 0.6) is 0 Å². The standard InChI is InChI=1S/C18H18FIN4O3/c1-10-15(22(2)13-5-4-11(20)8-12(13)19)14-16(23(3)17(10)26)21-9-24(6-7-25)18(14)27/h4-5,8-9,25H,6-7H2,1-3H3. The van der Waals surface area contributed by atoms with E-state index in [-0.39, 0.29) is 35.4 Å². The minimum atomic E-state index is -0.461. The first kappa shape index (κ1) is 19.5. The highest BCUT2D eigenvalue weighted by atomic mass is 127. The summed E-state index contributed by atoms with van der Waals surface area (Å²) in [6.45, 7) is 1.44. The van der Waals surface area contributed by atoms with Gasteiger partial charge in [-0.3, -0.25) is 18.7 Å². The number of hydrogen-bond acceptors (Lipinski definition) is 5. The first-order valence-electron chi connectivity index (χ1n) is 8.16. The lowest BCUT2D eigenvalue weighted by molar-refractivity contribution is 0.274. The van der Waals surface area contributed by atoms with E-state index in [0.29, 0.717) is 11.3 Å². The second-order valence-electron chi connectivity index (χ2n) is 6.16. The van der Waals surface area contributed by atoms with Crippen LogP contribution in [-0.2, 0) is 13.6 Å². The van der Waals surface area contributed by atoms with E-state index in [1.54, 1.807) is 26.1 Å². The molecule has 0 spiro atoms. The molecule has 0 saturated carbocycles. The lowest BCUT2D eigenvalue weighted by Gasteiger charge is -2.24. The molecule has 1 aromatic carbocycles. The first-order valence-corrected chi connectivity index (χ1v) is 9.24. The molecule has 0 aliphatic rings. The zero-order chi connectivity index (χ0) is 19.9. The average molecular weight is 484 g/mol. The van der Waals surface area contributed by atoms with Crippen molar-refractivity contribution in [1.29, 1.82) is 0 Å². The summed E-state index contributed by atoms with van der Waals surface area (Å²) >= 11 is 2.01. The Hall–Kier alpha value is -2.27. The lowest BCUT2D eigenvalue weighted by atomic mass is 10.1. The molecular weight excluding hydrogens is 466 g/mol. The van der Waals surface area contributed by atoms with Crippen molar-refractivity contribution in [2.75, 3.05) is 18.6 Å². The van der Waals surface area contributed by atoms with E-state index in [4.69, 9.17) is 0 Å². The molecule has 3 aromatic rings. The van der Waals surface area contributed by atoms with Crippen LogP contribution in [0, 0.1) is 16.3 Å². The van der Waals surface area contributed by atoms with E-state index in [0.717, 1.165) is 3.57 Å². The van der Waals surface area contributed by atoms with Crippen LogP contribution >= 0.6 is 22.6 Å². The summed E-state index contributed by atoms with van der Waals surface area (Å²) in [4.78, 5) is 31.4. The molecule has 0 bridgehead atoms. The normalized spacial score (nSPS) is 11.2. The molecule has 9 heteroatoms. The third kappa shape index (κ3) is 3.25. The quantitative estimate of drug-likeness (QED) is 0.573. The number of hydrogen-bond donors (Lipinski definition) is 1. The van der Waals surface area contributed by atoms with Gasteiger partial charge in [0.2, 0.25) is 0 Å². The van der Waals surface area contributed by atoms with Gasteiger partial charge in [0.15, 0.2) is 5.65 Å². The number of benzene rings is 1. The predicted molar refractivity (Wildman–Crippen MR) is 110 cm³/mol. The van der Waals surface area contributed by atoms with Crippen LogP contribution in [0.3, 0.4) is 0 Å². The number of aryl methyl sites for hydroxylation is 1. The molecule has 1 N–H and O–H groups in total. The number of aliphatic hydroxyl groups is 1. The minimum absolute atomic E-state index is 0.0741. The molecule has 2 aromatic heterocycles. The zero-order valence-corrected chi connectivity index (χ0v) is 17.2. The number of anilines is 2. The van der Waals surface area contributed by atoms with Gasteiger partial charge in [0.05, 0.1) is 30.9 Å². The predicted octanol–water partition coefficient (Wildman–Crippen LogP) is 1.91. The van der Waals surface area contributed by atoms with Gasteiger partial charge in [-0.25, -0.2) is 9.37 Å². The number of aliphatic hydroxyl groups excluding tert-OH is 1. The second kappa shape index (κ2) is 7.39. The molecule has 27 heavy (non-hydrogen) atoms. The van der Waals surface area contributed by atoms with Crippen molar-refractivity contribution in [2.45, 2.75) is 13.5 Å². The van der Waals surface area contributed by atoms with Crippen molar-refractivity contribution in [3.63, 3.8) is 0 Å². The monoisotopic (exact) mass is 484 g/mol. The number of nitrogens with zero attached hydrogens (tertiary/aromatic N) is 4. The fraction of sp³-hybridized carbons (Fsp3) is 0.278. The van der Waals surface area contributed by atoms with Crippen LogP contribution in [0.2, 0.25) is 0 Å². The number of rotatable bonds is 4. The van der Waals surface area contributed by atoms with Crippen molar-refractivity contribution in [2.24, 2.45) is 7.05 Å². The van der Waals surface area contributed by atoms with Crippen LogP contribution in [0.1, 0.15) is 5.56 Å². The first-order chi connectivity index (χ1) is 12.8. The number of pyridine rings is 1. The molecular formula is C18H18FIN4O3. The third-order valence-corrected chi connectivity index (χ3v) is 5.17. The molecule has 0 atom stereocenters. The van der Waals surface area contributed by atoms with E-state index in [2.05, 4.69) is 4.98 Å². The minimum Gasteiger partial charge on any atom is -0.395 e. The Morgan fingerprint density at radius 1 is 1.30 bits per heavy atom. The van der Waals surface area contributed by atoms with Gasteiger partial charge in [0.1, 0.15) is 11.2 Å². The summed E-state index contributed by atoms with van der Waals surface area (Å²) in [6.07, 6.45) is 1.30. The number of aromatic nitrogens is 3. The third-order valence-electron chi connectivity index (χ3n) is 4.50. The summed E-state index contributed by atoms with van der Waals surface area (Å²) < 4.78 is 17.8. The fourth-order valence-corrected chi connectivity index (χ4v) is 3.59. The molecule has 0 amide bonds. The molecule has 7 nitrogen and oxygen atoms in total. The van der Waals surface area contributed by atoms with E-state index < -0.39 is 11.4 Å². The van der Waals surface area contributed by atoms with Crippen LogP contribution in [0.4, 0.5) is 15.8 Å². The Bertz CT molecular complexity index is 1160. The number of halogens is 2. The smallest absolute Gasteiger partial charge is 0.264 e. The van der Waals surface area contributed by atoms with Crippen molar-refractivity contribution in [3.05, 3.63) is 60.2 Å². The van der Waals surface area contributed by atoms with Gasteiger partial charge in [-0.15, -0.1) is 0 Å². The molecule has 0 saturated heterocycles. The highest BCUT2D eigenvalue weighted by molar-refractivity contribution is 14.1. The fourth-order valence-electron chi connectivity index (χ4n) is 3.14. The number of fused-ring (bicyclic) bond motifs is 1. The van der Waals surface area contributed by atoms with Crippen LogP contribution in [0.25, 0.3) is 11.0 Å². The van der Waals surface area contributed by atoms with Gasteiger partial charge in [0.25, 0.3) is 11.1 Å². The molecule has 0 fully saturated rings. The topological polar surface area (TPSA) is 80.4 Å². The Balaban J connectivity index is 2.42. The van der Waals surface area contributed by atoms with Crippen molar-refractivity contribution < 1.29 is 9.50 Å². The maximum atomic E-state index is 14.5. The largest absolute Gasteiger partial charge is 0.395 e. The summed E-state index contributed by atoms with van der Waals surface area (Å²) in [5.41, 5.74) is 0.342. The van der Waals surface area contributed by atoms with Crippen molar-refractivity contribution >= 4 is 45.0 Å². The summed E-state index contributed by atoms with van der Waals surface area (Å²) in [7, 11) is 3.14. The van der Waals surface area contributed by atoms with Crippen molar-refractivity contribution in [1.82, 2.24) is 14.1 Å². The lowest BCUT2D eigenvalue weighted by Crippen LogP contribution is -2.31. The van der Waals surface area contributed by atoms with Gasteiger partial charge < -0.3 is 10.0 Å². The molecule has 0 aliphatic heterocycles. The van der Waals surface area contributed by atoms with Crippen molar-refractivity contribution in [3.8, 4) is 0 Å². The highest BCUT2D eigenvalue weighted by Gasteiger charge is 2.22.